The number of fused-ring (bicyclic) bond motifs is 3. The first-order valence-corrected chi connectivity index (χ1v) is 23.4. The van der Waals surface area contributed by atoms with E-state index in [4.69, 9.17) is 19.6 Å². The summed E-state index contributed by atoms with van der Waals surface area (Å²) in [6, 6.07) is 26.9. The third kappa shape index (κ3) is 10.5. The molecule has 0 bridgehead atoms. The predicted octanol–water partition coefficient (Wildman–Crippen LogP) is 6.27. The smallest absolute Gasteiger partial charge is 0.341 e. The molecule has 67 heavy (non-hydrogen) atoms. The van der Waals surface area contributed by atoms with Crippen LogP contribution in [0, 0.1) is 0 Å². The highest BCUT2D eigenvalue weighted by Gasteiger charge is 2.26. The molecule has 5 aromatic carbocycles. The summed E-state index contributed by atoms with van der Waals surface area (Å²) in [6.45, 7) is -0.786. The van der Waals surface area contributed by atoms with Gasteiger partial charge in [-0.1, -0.05) is 43.5 Å². The molecular formula is C49H51N7O10S. The van der Waals surface area contributed by atoms with Gasteiger partial charge in [-0.25, -0.2) is 27.7 Å². The SMILES string of the molecule is CN(C)c1cccc2c(S(=O)(=O)NCCNC(=O)COc3ccc(-c4nc5cc(C(=O)N[C@@H](Cc6c[nH]c7ccc(OCC(=O)O)cc67)C(=O)O)ccc5n4C4CCCCC4)cc3)cccc12. The van der Waals surface area contributed by atoms with Crippen LogP contribution in [0.5, 0.6) is 11.5 Å². The maximum Gasteiger partial charge on any atom is 0.341 e. The number of aromatic amines is 1. The molecule has 1 saturated carbocycles. The van der Waals surface area contributed by atoms with Crippen molar-refractivity contribution in [2.24, 2.45) is 0 Å². The largest absolute Gasteiger partial charge is 0.484 e. The van der Waals surface area contributed by atoms with E-state index in [0.717, 1.165) is 54.3 Å². The van der Waals surface area contributed by atoms with Crippen LogP contribution in [0.2, 0.25) is 0 Å². The van der Waals surface area contributed by atoms with Crippen molar-refractivity contribution in [2.75, 3.05) is 45.3 Å². The number of carbonyl (C=O) groups is 4. The van der Waals surface area contributed by atoms with E-state index in [1.807, 2.05) is 55.4 Å². The molecule has 7 aromatic rings. The average molecular weight is 930 g/mol. The van der Waals surface area contributed by atoms with Gasteiger partial charge in [0.15, 0.2) is 13.2 Å². The maximum absolute atomic E-state index is 13.7. The normalized spacial score (nSPS) is 13.6. The van der Waals surface area contributed by atoms with E-state index >= 15 is 0 Å². The first kappa shape index (κ1) is 46.1. The van der Waals surface area contributed by atoms with Crippen LogP contribution in [0.15, 0.2) is 108 Å². The van der Waals surface area contributed by atoms with E-state index in [2.05, 4.69) is 24.9 Å². The zero-order valence-corrected chi connectivity index (χ0v) is 37.8. The number of rotatable bonds is 19. The van der Waals surface area contributed by atoms with Crippen molar-refractivity contribution < 1.29 is 47.3 Å². The highest BCUT2D eigenvalue weighted by molar-refractivity contribution is 7.89. The Kier molecular flexibility index (Phi) is 13.7. The Labute approximate surface area is 386 Å². The number of aromatic nitrogens is 3. The first-order chi connectivity index (χ1) is 32.3. The van der Waals surface area contributed by atoms with Crippen molar-refractivity contribution in [3.63, 3.8) is 0 Å². The molecule has 0 aliphatic heterocycles. The molecule has 2 heterocycles. The highest BCUT2D eigenvalue weighted by Crippen LogP contribution is 2.37. The van der Waals surface area contributed by atoms with Gasteiger partial charge in [0.2, 0.25) is 10.0 Å². The van der Waals surface area contributed by atoms with Crippen LogP contribution in [0.3, 0.4) is 0 Å². The Balaban J connectivity index is 0.909. The van der Waals surface area contributed by atoms with Crippen molar-refractivity contribution in [3.05, 3.63) is 114 Å². The van der Waals surface area contributed by atoms with Gasteiger partial charge in [-0.2, -0.15) is 0 Å². The minimum atomic E-state index is -3.87. The standard InChI is InChI=1S/C49H51N7O10S/c1-55(2)42-12-6-11-37-36(42)10-7-13-44(37)67(63,64)52-23-22-50-45(57)28-65-34-17-14-30(15-18-34)47-53-40-24-31(16-21-43(40)56(47)33-8-4-3-5-9-33)48(60)54-41(49(61)62)25-32-27-51-39-20-19-35(26-38(32)39)66-29-46(58)59/h6-7,10-21,24,26-27,33,41,51-52H,3-5,8-9,22-23,25,28-29H2,1-2H3,(H,50,57)(H,54,60)(H,58,59)(H,61,62)/t41-/m0/s1. The monoisotopic (exact) mass is 929 g/mol. The third-order valence-electron chi connectivity index (χ3n) is 11.9. The zero-order valence-electron chi connectivity index (χ0n) is 37.0. The summed E-state index contributed by atoms with van der Waals surface area (Å²) < 4.78 is 42.4. The number of aliphatic carboxylic acids is 2. The van der Waals surface area contributed by atoms with E-state index in [1.54, 1.807) is 66.9 Å². The summed E-state index contributed by atoms with van der Waals surface area (Å²) >= 11 is 0. The number of carbonyl (C=O) groups excluding carboxylic acids is 2. The maximum atomic E-state index is 13.7. The van der Waals surface area contributed by atoms with Crippen molar-refractivity contribution in [1.29, 1.82) is 0 Å². The lowest BCUT2D eigenvalue weighted by Crippen LogP contribution is -2.42. The number of carboxylic acids is 2. The molecular weight excluding hydrogens is 879 g/mol. The number of anilines is 1. The van der Waals surface area contributed by atoms with Gasteiger partial charge in [0.05, 0.1) is 15.9 Å². The van der Waals surface area contributed by atoms with Crippen molar-refractivity contribution in [3.8, 4) is 22.9 Å². The van der Waals surface area contributed by atoms with Gasteiger partial charge in [0, 0.05) is 84.3 Å². The van der Waals surface area contributed by atoms with Gasteiger partial charge < -0.3 is 44.8 Å². The summed E-state index contributed by atoms with van der Waals surface area (Å²) in [5.41, 5.74) is 4.64. The second-order valence-corrected chi connectivity index (χ2v) is 18.4. The predicted molar refractivity (Wildman–Crippen MR) is 253 cm³/mol. The molecule has 2 amide bonds. The van der Waals surface area contributed by atoms with Crippen LogP contribution in [0.1, 0.15) is 54.1 Å². The van der Waals surface area contributed by atoms with Crippen LogP contribution in [0.4, 0.5) is 5.69 Å². The van der Waals surface area contributed by atoms with Crippen LogP contribution < -0.4 is 29.7 Å². The number of hydrogen-bond donors (Lipinski definition) is 6. The van der Waals surface area contributed by atoms with Gasteiger partial charge in [0.25, 0.3) is 11.8 Å². The lowest BCUT2D eigenvalue weighted by atomic mass is 9.94. The van der Waals surface area contributed by atoms with E-state index < -0.39 is 46.4 Å². The second-order valence-electron chi connectivity index (χ2n) is 16.7. The van der Waals surface area contributed by atoms with Gasteiger partial charge >= 0.3 is 11.9 Å². The number of sulfonamides is 1. The minimum Gasteiger partial charge on any atom is -0.484 e. The Hall–Kier alpha value is -7.44. The quantitative estimate of drug-likeness (QED) is 0.0493. The Morgan fingerprint density at radius 1 is 0.836 bits per heavy atom. The summed E-state index contributed by atoms with van der Waals surface area (Å²) in [7, 11) is -0.0740. The molecule has 17 nitrogen and oxygen atoms in total. The van der Waals surface area contributed by atoms with Crippen LogP contribution >= 0.6 is 0 Å². The Morgan fingerprint density at radius 3 is 2.31 bits per heavy atom. The molecule has 0 spiro atoms. The van der Waals surface area contributed by atoms with Crippen molar-refractivity contribution in [1.82, 2.24) is 29.9 Å². The summed E-state index contributed by atoms with van der Waals surface area (Å²) in [5.74, 6) is -1.91. The number of nitrogens with one attached hydrogen (secondary N) is 4. The fourth-order valence-electron chi connectivity index (χ4n) is 8.63. The number of H-pyrrole nitrogens is 1. The molecule has 0 saturated heterocycles. The molecule has 1 fully saturated rings. The highest BCUT2D eigenvalue weighted by atomic mass is 32.2. The Bertz CT molecular complexity index is 3090. The van der Waals surface area contributed by atoms with Gasteiger partial charge in [-0.15, -0.1) is 0 Å². The molecule has 1 aliphatic rings. The van der Waals surface area contributed by atoms with Crippen LogP contribution in [-0.2, 0) is 30.8 Å². The number of amides is 2. The number of imidazole rings is 1. The summed E-state index contributed by atoms with van der Waals surface area (Å²) in [4.78, 5) is 60.0. The molecule has 6 N–H and O–H groups in total. The van der Waals surface area contributed by atoms with Gasteiger partial charge in [-0.05, 0) is 91.2 Å². The van der Waals surface area contributed by atoms with E-state index in [1.165, 1.54) is 0 Å². The lowest BCUT2D eigenvalue weighted by molar-refractivity contribution is -0.140. The van der Waals surface area contributed by atoms with E-state index in [9.17, 15) is 32.7 Å². The molecule has 0 radical (unpaired) electrons. The fourth-order valence-corrected chi connectivity index (χ4v) is 9.88. The molecule has 0 unspecified atom stereocenters. The topological polar surface area (TPSA) is 234 Å². The Morgan fingerprint density at radius 2 is 1.57 bits per heavy atom. The molecule has 18 heteroatoms. The van der Waals surface area contributed by atoms with Gasteiger partial charge in [0.1, 0.15) is 23.4 Å². The number of hydrogen-bond acceptors (Lipinski definition) is 10. The molecule has 348 valence electrons. The number of nitrogens with zero attached hydrogens (tertiary/aromatic N) is 3. The van der Waals surface area contributed by atoms with Crippen LogP contribution in [-0.4, -0.2) is 103 Å². The fraction of sp³-hybridized carbons (Fsp3) is 0.286. The first-order valence-electron chi connectivity index (χ1n) is 21.9. The van der Waals surface area contributed by atoms with Gasteiger partial charge in [-0.3, -0.25) is 9.59 Å². The molecule has 2 aromatic heterocycles. The molecule has 1 aliphatic carbocycles. The number of carboxylic acid groups (broad SMARTS) is 2. The zero-order chi connectivity index (χ0) is 47.2. The summed E-state index contributed by atoms with van der Waals surface area (Å²) in [6.07, 6.45) is 6.80. The van der Waals surface area contributed by atoms with Crippen molar-refractivity contribution in [2.45, 2.75) is 55.5 Å². The van der Waals surface area contributed by atoms with Crippen molar-refractivity contribution >= 4 is 72.2 Å². The lowest BCUT2D eigenvalue weighted by Gasteiger charge is -2.25. The van der Waals surface area contributed by atoms with E-state index in [0.29, 0.717) is 44.7 Å². The summed E-state index contributed by atoms with van der Waals surface area (Å²) in [5, 5.41) is 26.6. The number of ether oxygens (including phenoxy) is 2. The molecule has 1 atom stereocenters. The second kappa shape index (κ2) is 20.0. The third-order valence-corrected chi connectivity index (χ3v) is 13.4. The molecule has 8 rings (SSSR count). The van der Waals surface area contributed by atoms with Crippen LogP contribution in [0.25, 0.3) is 44.1 Å². The van der Waals surface area contributed by atoms with E-state index in [-0.39, 0.29) is 42.6 Å². The average Bonchev–Trinajstić information content (AvgIpc) is 3.92. The number of benzene rings is 5. The minimum absolute atomic E-state index is 0.0214.